The number of nitrogens with zero attached hydrogens (tertiary/aromatic N) is 1. The Balaban J connectivity index is 1.68. The second-order valence-electron chi connectivity index (χ2n) is 7.67. The molecule has 29 heavy (non-hydrogen) atoms. The molecule has 0 amide bonds. The first-order valence-electron chi connectivity index (χ1n) is 10.0. The minimum Gasteiger partial charge on any atom is -0.496 e. The maximum Gasteiger partial charge on any atom is 0.127 e. The van der Waals surface area contributed by atoms with E-state index < -0.39 is 0 Å². The summed E-state index contributed by atoms with van der Waals surface area (Å²) in [6.45, 7) is 2.02. The van der Waals surface area contributed by atoms with Crippen molar-refractivity contribution in [3.05, 3.63) is 65.0 Å². The highest BCUT2D eigenvalue weighted by atomic mass is 19.1. The summed E-state index contributed by atoms with van der Waals surface area (Å²) in [4.78, 5) is 2.11. The van der Waals surface area contributed by atoms with Crippen LogP contribution in [-0.2, 0) is 17.9 Å². The molecule has 3 atom stereocenters. The average molecular weight is 403 g/mol. The fraction of sp³-hybridized carbons (Fsp3) is 0.478. The van der Waals surface area contributed by atoms with Crippen LogP contribution in [0, 0.1) is 11.7 Å². The van der Waals surface area contributed by atoms with Gasteiger partial charge in [-0.25, -0.2) is 4.39 Å². The zero-order valence-electron chi connectivity index (χ0n) is 17.4. The molecular formula is C23H31FN2O3. The highest BCUT2D eigenvalue weighted by Crippen LogP contribution is 2.40. The van der Waals surface area contributed by atoms with E-state index in [0.29, 0.717) is 18.7 Å². The van der Waals surface area contributed by atoms with Crippen molar-refractivity contribution < 1.29 is 19.0 Å². The molecule has 0 aliphatic carbocycles. The second-order valence-corrected chi connectivity index (χ2v) is 7.67. The molecule has 1 saturated heterocycles. The van der Waals surface area contributed by atoms with Crippen molar-refractivity contribution in [1.82, 2.24) is 10.2 Å². The van der Waals surface area contributed by atoms with Gasteiger partial charge in [0.2, 0.25) is 0 Å². The first-order chi connectivity index (χ1) is 14.1. The summed E-state index contributed by atoms with van der Waals surface area (Å²) in [5.74, 6) is 0.844. The van der Waals surface area contributed by atoms with Crippen LogP contribution < -0.4 is 10.1 Å². The summed E-state index contributed by atoms with van der Waals surface area (Å²) in [7, 11) is 5.29. The molecule has 1 aliphatic heterocycles. The first-order valence-corrected chi connectivity index (χ1v) is 10.0. The lowest BCUT2D eigenvalue weighted by Crippen LogP contribution is -2.32. The molecule has 5 nitrogen and oxygen atoms in total. The lowest BCUT2D eigenvalue weighted by Gasteiger charge is -2.28. The Labute approximate surface area is 172 Å². The number of rotatable bonds is 9. The van der Waals surface area contributed by atoms with Crippen molar-refractivity contribution in [1.29, 1.82) is 0 Å². The summed E-state index contributed by atoms with van der Waals surface area (Å²) in [6.07, 6.45) is 0.830. The molecule has 1 heterocycles. The van der Waals surface area contributed by atoms with Gasteiger partial charge in [-0.15, -0.1) is 0 Å². The van der Waals surface area contributed by atoms with Crippen molar-refractivity contribution in [3.8, 4) is 5.75 Å². The minimum absolute atomic E-state index is 0.0423. The first kappa shape index (κ1) is 21.7. The second kappa shape index (κ2) is 10.2. The molecule has 2 aromatic carbocycles. The van der Waals surface area contributed by atoms with E-state index in [9.17, 15) is 9.50 Å². The Kier molecular flexibility index (Phi) is 7.61. The number of hydrogen-bond donors (Lipinski definition) is 2. The van der Waals surface area contributed by atoms with Crippen molar-refractivity contribution in [2.45, 2.75) is 31.7 Å². The van der Waals surface area contributed by atoms with Gasteiger partial charge in [0, 0.05) is 43.4 Å². The van der Waals surface area contributed by atoms with Gasteiger partial charge in [0.25, 0.3) is 0 Å². The molecule has 3 rings (SSSR count). The van der Waals surface area contributed by atoms with Crippen LogP contribution in [0.1, 0.15) is 29.2 Å². The molecule has 1 fully saturated rings. The molecule has 6 heteroatoms. The fourth-order valence-electron chi connectivity index (χ4n) is 4.40. The van der Waals surface area contributed by atoms with E-state index in [4.69, 9.17) is 9.47 Å². The summed E-state index contributed by atoms with van der Waals surface area (Å²) in [5.41, 5.74) is 2.86. The van der Waals surface area contributed by atoms with Crippen molar-refractivity contribution in [3.63, 3.8) is 0 Å². The Morgan fingerprint density at radius 1 is 1.21 bits per heavy atom. The van der Waals surface area contributed by atoms with E-state index >= 15 is 0 Å². The quantitative estimate of drug-likeness (QED) is 0.675. The number of ether oxygens (including phenoxy) is 2. The SMILES string of the molecule is COCc1cc(CNC[C@H]2C[C@@H](CO)N(C)[C@H]2c2ccccc2F)ccc1OC. The van der Waals surface area contributed by atoms with Crippen LogP contribution in [0.2, 0.25) is 0 Å². The summed E-state index contributed by atoms with van der Waals surface area (Å²) >= 11 is 0. The smallest absolute Gasteiger partial charge is 0.127 e. The zero-order valence-corrected chi connectivity index (χ0v) is 17.4. The van der Waals surface area contributed by atoms with Gasteiger partial charge in [-0.3, -0.25) is 4.90 Å². The van der Waals surface area contributed by atoms with Gasteiger partial charge in [-0.2, -0.15) is 0 Å². The van der Waals surface area contributed by atoms with Gasteiger partial charge < -0.3 is 19.9 Å². The van der Waals surface area contributed by atoms with Gasteiger partial charge in [-0.1, -0.05) is 24.3 Å². The molecule has 0 spiro atoms. The average Bonchev–Trinajstić information content (AvgIpc) is 3.04. The van der Waals surface area contributed by atoms with E-state index in [0.717, 1.165) is 29.8 Å². The lowest BCUT2D eigenvalue weighted by molar-refractivity contribution is 0.151. The van der Waals surface area contributed by atoms with E-state index in [1.165, 1.54) is 6.07 Å². The molecule has 2 aromatic rings. The third kappa shape index (κ3) is 4.95. The molecule has 0 saturated carbocycles. The van der Waals surface area contributed by atoms with Crippen molar-refractivity contribution in [2.24, 2.45) is 5.92 Å². The molecular weight excluding hydrogens is 371 g/mol. The molecule has 0 aromatic heterocycles. The highest BCUT2D eigenvalue weighted by Gasteiger charge is 2.40. The van der Waals surface area contributed by atoms with Crippen LogP contribution in [0.5, 0.6) is 5.75 Å². The van der Waals surface area contributed by atoms with E-state index in [2.05, 4.69) is 16.3 Å². The topological polar surface area (TPSA) is 54.0 Å². The Hall–Kier alpha value is -1.99. The summed E-state index contributed by atoms with van der Waals surface area (Å²) in [6, 6.07) is 13.0. The monoisotopic (exact) mass is 402 g/mol. The van der Waals surface area contributed by atoms with E-state index in [1.54, 1.807) is 20.3 Å². The summed E-state index contributed by atoms with van der Waals surface area (Å²) in [5, 5.41) is 13.3. The van der Waals surface area contributed by atoms with Gasteiger partial charge in [-0.05, 0) is 43.1 Å². The zero-order chi connectivity index (χ0) is 20.8. The minimum atomic E-state index is -0.188. The van der Waals surface area contributed by atoms with Crippen molar-refractivity contribution in [2.75, 3.05) is 34.4 Å². The molecule has 158 valence electrons. The van der Waals surface area contributed by atoms with Gasteiger partial charge >= 0.3 is 0 Å². The number of methoxy groups -OCH3 is 2. The number of benzene rings is 2. The number of nitrogens with one attached hydrogen (secondary N) is 1. The molecule has 0 bridgehead atoms. The maximum atomic E-state index is 14.5. The van der Waals surface area contributed by atoms with Crippen LogP contribution in [0.4, 0.5) is 4.39 Å². The predicted molar refractivity (Wildman–Crippen MR) is 111 cm³/mol. The maximum absolute atomic E-state index is 14.5. The van der Waals surface area contributed by atoms with E-state index in [1.807, 2.05) is 31.3 Å². The summed E-state index contributed by atoms with van der Waals surface area (Å²) < 4.78 is 25.1. The van der Waals surface area contributed by atoms with Crippen LogP contribution >= 0.6 is 0 Å². The Morgan fingerprint density at radius 2 is 2.00 bits per heavy atom. The third-order valence-corrected chi connectivity index (χ3v) is 5.85. The van der Waals surface area contributed by atoms with Crippen LogP contribution in [-0.4, -0.2) is 50.5 Å². The Morgan fingerprint density at radius 3 is 2.69 bits per heavy atom. The molecule has 0 unspecified atom stereocenters. The van der Waals surface area contributed by atoms with Crippen LogP contribution in [0.3, 0.4) is 0 Å². The normalized spacial score (nSPS) is 22.2. The number of aliphatic hydroxyl groups excluding tert-OH is 1. The number of halogens is 1. The van der Waals surface area contributed by atoms with E-state index in [-0.39, 0.29) is 30.4 Å². The predicted octanol–water partition coefficient (Wildman–Crippen LogP) is 3.12. The standard InChI is InChI=1S/C23H31FN2O3/c1-26-19(14-27)11-17(23(26)20-6-4-5-7-21(20)24)13-25-12-16-8-9-22(29-3)18(10-16)15-28-2/h4-10,17,19,23,25,27H,11-15H2,1-3H3/t17-,19+,23-/m1/s1. The molecule has 1 aliphatic rings. The highest BCUT2D eigenvalue weighted by molar-refractivity contribution is 5.37. The fourth-order valence-corrected chi connectivity index (χ4v) is 4.40. The lowest BCUT2D eigenvalue weighted by atomic mass is 9.92. The molecule has 0 radical (unpaired) electrons. The van der Waals surface area contributed by atoms with Crippen LogP contribution in [0.25, 0.3) is 0 Å². The van der Waals surface area contributed by atoms with Crippen LogP contribution in [0.15, 0.2) is 42.5 Å². The van der Waals surface area contributed by atoms with Gasteiger partial charge in [0.05, 0.1) is 20.3 Å². The number of hydrogen-bond acceptors (Lipinski definition) is 5. The Bertz CT molecular complexity index is 801. The number of likely N-dealkylation sites (tertiary alicyclic amines) is 1. The van der Waals surface area contributed by atoms with Gasteiger partial charge in [0.15, 0.2) is 0 Å². The van der Waals surface area contributed by atoms with Gasteiger partial charge in [0.1, 0.15) is 11.6 Å². The van der Waals surface area contributed by atoms with Crippen molar-refractivity contribution >= 4 is 0 Å². The third-order valence-electron chi connectivity index (χ3n) is 5.85. The molecule has 2 N–H and O–H groups in total. The number of aliphatic hydroxyl groups is 1. The number of likely N-dealkylation sites (N-methyl/N-ethyl adjacent to an activating group) is 1. The largest absolute Gasteiger partial charge is 0.496 e.